The number of aromatic amines is 1. The van der Waals surface area contributed by atoms with Crippen LogP contribution in [-0.2, 0) is 35.1 Å². The molecule has 1 N–H and O–H groups in total. The van der Waals surface area contributed by atoms with Crippen molar-refractivity contribution in [2.75, 3.05) is 33.4 Å². The molecule has 0 saturated heterocycles. The van der Waals surface area contributed by atoms with Crippen LogP contribution in [0.4, 0.5) is 13.2 Å². The van der Waals surface area contributed by atoms with Gasteiger partial charge in [-0.05, 0) is 59.9 Å². The van der Waals surface area contributed by atoms with E-state index in [0.717, 1.165) is 40.6 Å². The molecule has 0 aliphatic carbocycles. The molecule has 0 saturated carbocycles. The highest BCUT2D eigenvalue weighted by Crippen LogP contribution is 2.29. The van der Waals surface area contributed by atoms with Crippen molar-refractivity contribution in [3.8, 4) is 0 Å². The average molecular weight is 566 g/mol. The number of methoxy groups -OCH3 is 1. The zero-order valence-electron chi connectivity index (χ0n) is 23.2. The summed E-state index contributed by atoms with van der Waals surface area (Å²) in [6, 6.07) is 19.9. The first-order chi connectivity index (χ1) is 19.7. The molecule has 3 aromatic carbocycles. The summed E-state index contributed by atoms with van der Waals surface area (Å²) in [4.78, 5) is 33.4. The lowest BCUT2D eigenvalue weighted by Gasteiger charge is -2.28. The highest BCUT2D eigenvalue weighted by molar-refractivity contribution is 5.96. The van der Waals surface area contributed by atoms with Crippen molar-refractivity contribution in [1.29, 1.82) is 0 Å². The highest BCUT2D eigenvalue weighted by Gasteiger charge is 2.30. The Hall–Kier alpha value is -4.11. The van der Waals surface area contributed by atoms with E-state index in [0.29, 0.717) is 24.1 Å². The molecule has 6 nitrogen and oxygen atoms in total. The standard InChI is InChI=1S/C32H34F3N3O3/c1-3-23-8-12-25(13-9-23)31(40)38(18-19-41-2)22-30(39)37(21-24-10-14-27(15-11-24)32(33,34)35)17-16-26-20-36-29-7-5-4-6-28(26)29/h4-15,20,36H,3,16-19,21-22H2,1-2H3. The van der Waals surface area contributed by atoms with Crippen molar-refractivity contribution < 1.29 is 27.5 Å². The van der Waals surface area contributed by atoms with E-state index >= 15 is 0 Å². The van der Waals surface area contributed by atoms with Crippen LogP contribution < -0.4 is 0 Å². The Balaban J connectivity index is 1.55. The molecule has 0 bridgehead atoms. The lowest BCUT2D eigenvalue weighted by atomic mass is 10.1. The first kappa shape index (κ1) is 29.9. The Labute approximate surface area is 237 Å². The summed E-state index contributed by atoms with van der Waals surface area (Å²) >= 11 is 0. The topological polar surface area (TPSA) is 65.6 Å². The van der Waals surface area contributed by atoms with Crippen molar-refractivity contribution in [3.63, 3.8) is 0 Å². The molecule has 0 aliphatic rings. The third-order valence-electron chi connectivity index (χ3n) is 7.12. The van der Waals surface area contributed by atoms with Gasteiger partial charge in [-0.25, -0.2) is 0 Å². The monoisotopic (exact) mass is 565 g/mol. The molecular formula is C32H34F3N3O3. The van der Waals surface area contributed by atoms with Gasteiger partial charge in [0.15, 0.2) is 0 Å². The summed E-state index contributed by atoms with van der Waals surface area (Å²) in [5.41, 5.74) is 3.39. The minimum atomic E-state index is -4.44. The maximum atomic E-state index is 13.7. The number of aromatic nitrogens is 1. The maximum Gasteiger partial charge on any atom is 0.416 e. The second-order valence-corrected chi connectivity index (χ2v) is 9.89. The molecule has 4 aromatic rings. The molecule has 9 heteroatoms. The number of ether oxygens (including phenoxy) is 1. The van der Waals surface area contributed by atoms with Gasteiger partial charge in [-0.1, -0.05) is 49.4 Å². The molecule has 1 aromatic heterocycles. The Morgan fingerprint density at radius 1 is 0.878 bits per heavy atom. The minimum Gasteiger partial charge on any atom is -0.383 e. The number of rotatable bonds is 12. The number of halogens is 3. The Morgan fingerprint density at radius 2 is 1.56 bits per heavy atom. The van der Waals surface area contributed by atoms with E-state index in [1.165, 1.54) is 24.1 Å². The predicted molar refractivity (Wildman–Crippen MR) is 152 cm³/mol. The van der Waals surface area contributed by atoms with Gasteiger partial charge in [0.25, 0.3) is 5.91 Å². The summed E-state index contributed by atoms with van der Waals surface area (Å²) in [6.45, 7) is 2.73. The molecule has 0 unspecified atom stereocenters. The number of carbonyl (C=O) groups is 2. The van der Waals surface area contributed by atoms with Gasteiger partial charge in [0.2, 0.25) is 5.91 Å². The number of hydrogen-bond donors (Lipinski definition) is 1. The second kappa shape index (κ2) is 13.5. The number of nitrogens with one attached hydrogen (secondary N) is 1. The molecular weight excluding hydrogens is 531 g/mol. The van der Waals surface area contributed by atoms with Crippen molar-refractivity contribution >= 4 is 22.7 Å². The molecule has 0 spiro atoms. The van der Waals surface area contributed by atoms with E-state index < -0.39 is 11.7 Å². The number of fused-ring (bicyclic) bond motifs is 1. The fraction of sp³-hybridized carbons (Fsp3) is 0.312. The largest absolute Gasteiger partial charge is 0.416 e. The van der Waals surface area contributed by atoms with Gasteiger partial charge >= 0.3 is 6.18 Å². The summed E-state index contributed by atoms with van der Waals surface area (Å²) in [5.74, 6) is -0.594. The van der Waals surface area contributed by atoms with Crippen LogP contribution in [0.2, 0.25) is 0 Å². The summed E-state index contributed by atoms with van der Waals surface area (Å²) in [5, 5.41) is 1.04. The van der Waals surface area contributed by atoms with Gasteiger partial charge in [0.1, 0.15) is 6.54 Å². The number of alkyl halides is 3. The predicted octanol–water partition coefficient (Wildman–Crippen LogP) is 6.11. The van der Waals surface area contributed by atoms with E-state index in [9.17, 15) is 22.8 Å². The van der Waals surface area contributed by atoms with Crippen LogP contribution in [0.3, 0.4) is 0 Å². The lowest BCUT2D eigenvalue weighted by molar-refractivity contribution is -0.137. The van der Waals surface area contributed by atoms with Crippen molar-refractivity contribution in [3.05, 3.63) is 107 Å². The molecule has 4 rings (SSSR count). The first-order valence-electron chi connectivity index (χ1n) is 13.6. The molecule has 216 valence electrons. The van der Waals surface area contributed by atoms with Crippen LogP contribution in [0.25, 0.3) is 10.9 Å². The van der Waals surface area contributed by atoms with E-state index in [2.05, 4.69) is 4.98 Å². The van der Waals surface area contributed by atoms with Crippen molar-refractivity contribution in [1.82, 2.24) is 14.8 Å². The van der Waals surface area contributed by atoms with Crippen LogP contribution in [0.1, 0.15) is 39.5 Å². The Kier molecular flexibility index (Phi) is 9.83. The van der Waals surface area contributed by atoms with Gasteiger partial charge < -0.3 is 19.5 Å². The molecule has 0 fully saturated rings. The number of para-hydroxylation sites is 1. The molecule has 1 heterocycles. The minimum absolute atomic E-state index is 0.108. The van der Waals surface area contributed by atoms with E-state index in [1.807, 2.05) is 49.5 Å². The van der Waals surface area contributed by atoms with Crippen molar-refractivity contribution in [2.45, 2.75) is 32.5 Å². The molecule has 41 heavy (non-hydrogen) atoms. The molecule has 0 radical (unpaired) electrons. The number of amides is 2. The van der Waals surface area contributed by atoms with Gasteiger partial charge in [-0.15, -0.1) is 0 Å². The second-order valence-electron chi connectivity index (χ2n) is 9.89. The van der Waals surface area contributed by atoms with Gasteiger partial charge in [0.05, 0.1) is 12.2 Å². The summed E-state index contributed by atoms with van der Waals surface area (Å²) in [7, 11) is 1.53. The molecule has 0 atom stereocenters. The van der Waals surface area contributed by atoms with Gasteiger partial charge in [0, 0.05) is 49.4 Å². The fourth-order valence-corrected chi connectivity index (χ4v) is 4.69. The smallest absolute Gasteiger partial charge is 0.383 e. The van der Waals surface area contributed by atoms with E-state index in [-0.39, 0.29) is 38.1 Å². The number of carbonyl (C=O) groups excluding carboxylic acids is 2. The number of nitrogens with zero attached hydrogens (tertiary/aromatic N) is 2. The quantitative estimate of drug-likeness (QED) is 0.226. The maximum absolute atomic E-state index is 13.7. The number of H-pyrrole nitrogens is 1. The van der Waals surface area contributed by atoms with E-state index in [1.54, 1.807) is 17.0 Å². The molecule has 2 amide bonds. The Bertz CT molecular complexity index is 1450. The van der Waals surface area contributed by atoms with Crippen LogP contribution in [0.15, 0.2) is 79.0 Å². The number of hydrogen-bond acceptors (Lipinski definition) is 3. The summed E-state index contributed by atoms with van der Waals surface area (Å²) in [6.07, 6.45) is -1.17. The first-order valence-corrected chi connectivity index (χ1v) is 13.6. The number of aryl methyl sites for hydroxylation is 1. The normalized spacial score (nSPS) is 11.5. The zero-order chi connectivity index (χ0) is 29.4. The Morgan fingerprint density at radius 3 is 2.22 bits per heavy atom. The van der Waals surface area contributed by atoms with E-state index in [4.69, 9.17) is 4.74 Å². The SMILES string of the molecule is CCc1ccc(C(=O)N(CCOC)CC(=O)N(CCc2c[nH]c3ccccc23)Cc2ccc(C(F)(F)F)cc2)cc1. The van der Waals surface area contributed by atoms with Gasteiger partial charge in [-0.2, -0.15) is 13.2 Å². The third-order valence-corrected chi connectivity index (χ3v) is 7.12. The number of benzene rings is 3. The lowest BCUT2D eigenvalue weighted by Crippen LogP contribution is -2.44. The van der Waals surface area contributed by atoms with Crippen molar-refractivity contribution in [2.24, 2.45) is 0 Å². The van der Waals surface area contributed by atoms with Crippen LogP contribution in [-0.4, -0.2) is 59.9 Å². The average Bonchev–Trinajstić information content (AvgIpc) is 3.39. The van der Waals surface area contributed by atoms with Crippen LogP contribution >= 0.6 is 0 Å². The third kappa shape index (κ3) is 7.76. The molecule has 0 aliphatic heterocycles. The van der Waals surface area contributed by atoms with Crippen LogP contribution in [0.5, 0.6) is 0 Å². The summed E-state index contributed by atoms with van der Waals surface area (Å²) < 4.78 is 44.5. The zero-order valence-corrected chi connectivity index (χ0v) is 23.2. The van der Waals surface area contributed by atoms with Gasteiger partial charge in [-0.3, -0.25) is 9.59 Å². The van der Waals surface area contributed by atoms with Crippen LogP contribution in [0, 0.1) is 0 Å². The highest BCUT2D eigenvalue weighted by atomic mass is 19.4. The fourth-order valence-electron chi connectivity index (χ4n) is 4.69.